The van der Waals surface area contributed by atoms with Gasteiger partial charge in [0, 0.05) is 7.05 Å². The Hall–Kier alpha value is -1.53. The molecule has 1 aromatic rings. The molecule has 1 fully saturated rings. The van der Waals surface area contributed by atoms with Crippen LogP contribution in [0.15, 0.2) is 12.1 Å². The molecule has 0 aliphatic carbocycles. The standard InChI is InChI=1S/C17H24BNO4/c1-7-11-8-13-14(21-10-15(20)19(13)6)9-12(11)18-22-16(2,3)17(4,5)23-18/h8-9H,7,10H2,1-6H3. The molecular weight excluding hydrogens is 293 g/mol. The number of benzene rings is 1. The monoisotopic (exact) mass is 317 g/mol. The van der Waals surface area contributed by atoms with Gasteiger partial charge in [-0.25, -0.2) is 0 Å². The second-order valence-corrected chi connectivity index (χ2v) is 7.20. The molecule has 2 aliphatic rings. The Balaban J connectivity index is 2.03. The van der Waals surface area contributed by atoms with E-state index in [1.165, 1.54) is 0 Å². The Kier molecular flexibility index (Phi) is 3.73. The van der Waals surface area contributed by atoms with Crippen molar-refractivity contribution in [2.24, 2.45) is 0 Å². The Labute approximate surface area is 138 Å². The highest BCUT2D eigenvalue weighted by Gasteiger charge is 2.52. The lowest BCUT2D eigenvalue weighted by molar-refractivity contribution is -0.120. The predicted molar refractivity (Wildman–Crippen MR) is 90.4 cm³/mol. The van der Waals surface area contributed by atoms with Gasteiger partial charge < -0.3 is 18.9 Å². The molecule has 0 unspecified atom stereocenters. The minimum Gasteiger partial charge on any atom is -0.482 e. The molecule has 0 saturated carbocycles. The minimum atomic E-state index is -0.424. The van der Waals surface area contributed by atoms with Crippen molar-refractivity contribution in [3.8, 4) is 5.75 Å². The first-order chi connectivity index (χ1) is 10.7. The molecule has 0 atom stereocenters. The number of fused-ring (bicyclic) bond motifs is 1. The number of hydrogen-bond acceptors (Lipinski definition) is 4. The molecule has 3 rings (SSSR count). The highest BCUT2D eigenvalue weighted by molar-refractivity contribution is 6.62. The number of carbonyl (C=O) groups excluding carboxylic acids is 1. The zero-order valence-electron chi connectivity index (χ0n) is 14.7. The summed E-state index contributed by atoms with van der Waals surface area (Å²) in [6.07, 6.45) is 0.828. The Bertz CT molecular complexity index is 640. The molecule has 0 N–H and O–H groups in total. The normalized spacial score (nSPS) is 22.1. The van der Waals surface area contributed by atoms with Gasteiger partial charge in [-0.2, -0.15) is 0 Å². The van der Waals surface area contributed by atoms with Gasteiger partial charge in [0.25, 0.3) is 5.91 Å². The number of rotatable bonds is 2. The summed E-state index contributed by atoms with van der Waals surface area (Å²) >= 11 is 0. The number of nitrogens with zero attached hydrogens (tertiary/aromatic N) is 1. The van der Waals surface area contributed by atoms with Crippen LogP contribution in [0, 0.1) is 0 Å². The van der Waals surface area contributed by atoms with Gasteiger partial charge in [-0.1, -0.05) is 6.92 Å². The summed E-state index contributed by atoms with van der Waals surface area (Å²) in [5.74, 6) is 0.664. The maximum Gasteiger partial charge on any atom is 0.495 e. The summed E-state index contributed by atoms with van der Waals surface area (Å²) in [6.45, 7) is 10.3. The number of anilines is 1. The molecule has 2 heterocycles. The molecule has 0 aromatic heterocycles. The number of hydrogen-bond donors (Lipinski definition) is 0. The number of likely N-dealkylation sites (N-methyl/N-ethyl adjacent to an activating group) is 1. The largest absolute Gasteiger partial charge is 0.495 e. The number of aryl methyl sites for hydroxylation is 1. The molecular formula is C17H24BNO4. The molecule has 23 heavy (non-hydrogen) atoms. The van der Waals surface area contributed by atoms with Crippen LogP contribution in [0.2, 0.25) is 0 Å². The van der Waals surface area contributed by atoms with Gasteiger partial charge >= 0.3 is 7.12 Å². The van der Waals surface area contributed by atoms with Crippen LogP contribution in [0.5, 0.6) is 5.75 Å². The predicted octanol–water partition coefficient (Wildman–Crippen LogP) is 1.90. The quantitative estimate of drug-likeness (QED) is 0.782. The number of ether oxygens (including phenoxy) is 1. The highest BCUT2D eigenvalue weighted by atomic mass is 16.7. The summed E-state index contributed by atoms with van der Waals surface area (Å²) in [7, 11) is 1.35. The lowest BCUT2D eigenvalue weighted by Gasteiger charge is -2.32. The van der Waals surface area contributed by atoms with Gasteiger partial charge in [0.2, 0.25) is 0 Å². The molecule has 5 nitrogen and oxygen atoms in total. The van der Waals surface area contributed by atoms with Crippen LogP contribution < -0.4 is 15.1 Å². The van der Waals surface area contributed by atoms with E-state index in [0.29, 0.717) is 5.75 Å². The second kappa shape index (κ2) is 5.25. The lowest BCUT2D eigenvalue weighted by atomic mass is 9.75. The summed E-state index contributed by atoms with van der Waals surface area (Å²) < 4.78 is 18.0. The molecule has 6 heteroatoms. The Morgan fingerprint density at radius 1 is 1.17 bits per heavy atom. The van der Waals surface area contributed by atoms with Crippen molar-refractivity contribution in [2.75, 3.05) is 18.6 Å². The van der Waals surface area contributed by atoms with Gasteiger partial charge in [-0.05, 0) is 57.3 Å². The fraction of sp³-hybridized carbons (Fsp3) is 0.588. The first-order valence-corrected chi connectivity index (χ1v) is 8.08. The maximum absolute atomic E-state index is 11.8. The molecule has 1 aromatic carbocycles. The summed E-state index contributed by atoms with van der Waals surface area (Å²) in [5, 5.41) is 0. The van der Waals surface area contributed by atoms with Crippen LogP contribution in [-0.2, 0) is 20.5 Å². The summed E-state index contributed by atoms with van der Waals surface area (Å²) in [5.41, 5.74) is 2.12. The topological polar surface area (TPSA) is 48.0 Å². The van der Waals surface area contributed by atoms with E-state index in [1.807, 2.05) is 39.8 Å². The van der Waals surface area contributed by atoms with Gasteiger partial charge in [0.1, 0.15) is 5.75 Å². The van der Waals surface area contributed by atoms with E-state index in [-0.39, 0.29) is 23.7 Å². The molecule has 0 bridgehead atoms. The van der Waals surface area contributed by atoms with Crippen molar-refractivity contribution < 1.29 is 18.8 Å². The zero-order valence-corrected chi connectivity index (χ0v) is 14.7. The van der Waals surface area contributed by atoms with Crippen LogP contribution in [-0.4, -0.2) is 37.9 Å². The van der Waals surface area contributed by atoms with E-state index in [9.17, 15) is 4.79 Å². The van der Waals surface area contributed by atoms with Gasteiger partial charge in [-0.15, -0.1) is 0 Å². The number of carbonyl (C=O) groups is 1. The smallest absolute Gasteiger partial charge is 0.482 e. The van der Waals surface area contributed by atoms with Crippen LogP contribution in [0.25, 0.3) is 0 Å². The van der Waals surface area contributed by atoms with Crippen LogP contribution in [0.3, 0.4) is 0 Å². The van der Waals surface area contributed by atoms with E-state index in [4.69, 9.17) is 14.0 Å². The second-order valence-electron chi connectivity index (χ2n) is 7.20. The molecule has 124 valence electrons. The van der Waals surface area contributed by atoms with E-state index in [0.717, 1.165) is 23.1 Å². The molecule has 1 saturated heterocycles. The molecule has 2 aliphatic heterocycles. The molecule has 0 radical (unpaired) electrons. The number of amides is 1. The molecule has 1 amide bonds. The summed E-state index contributed by atoms with van der Waals surface area (Å²) in [4.78, 5) is 13.5. The lowest BCUT2D eigenvalue weighted by Crippen LogP contribution is -2.41. The first-order valence-electron chi connectivity index (χ1n) is 8.08. The van der Waals surface area contributed by atoms with Crippen molar-refractivity contribution in [1.82, 2.24) is 0 Å². The van der Waals surface area contributed by atoms with Crippen molar-refractivity contribution in [3.63, 3.8) is 0 Å². The van der Waals surface area contributed by atoms with Crippen molar-refractivity contribution in [1.29, 1.82) is 0 Å². The fourth-order valence-electron chi connectivity index (χ4n) is 2.87. The van der Waals surface area contributed by atoms with Crippen LogP contribution >= 0.6 is 0 Å². The van der Waals surface area contributed by atoms with E-state index >= 15 is 0 Å². The average Bonchev–Trinajstić information content (AvgIpc) is 2.70. The Morgan fingerprint density at radius 2 is 1.78 bits per heavy atom. The van der Waals surface area contributed by atoms with Crippen molar-refractivity contribution in [2.45, 2.75) is 52.2 Å². The fourth-order valence-corrected chi connectivity index (χ4v) is 2.87. The third kappa shape index (κ3) is 2.54. The average molecular weight is 317 g/mol. The van der Waals surface area contributed by atoms with Gasteiger partial charge in [0.05, 0.1) is 16.9 Å². The van der Waals surface area contributed by atoms with Crippen LogP contribution in [0.1, 0.15) is 40.2 Å². The highest BCUT2D eigenvalue weighted by Crippen LogP contribution is 2.38. The SMILES string of the molecule is CCc1cc2c(cc1B1OC(C)(C)C(C)(C)O1)OCC(=O)N2C. The third-order valence-electron chi connectivity index (χ3n) is 5.20. The van der Waals surface area contributed by atoms with E-state index < -0.39 is 7.12 Å². The van der Waals surface area contributed by atoms with Gasteiger partial charge in [-0.3, -0.25) is 4.79 Å². The van der Waals surface area contributed by atoms with Crippen molar-refractivity contribution >= 4 is 24.2 Å². The Morgan fingerprint density at radius 3 is 2.35 bits per heavy atom. The zero-order chi connectivity index (χ0) is 17.0. The van der Waals surface area contributed by atoms with E-state index in [2.05, 4.69) is 6.92 Å². The molecule has 0 spiro atoms. The van der Waals surface area contributed by atoms with E-state index in [1.54, 1.807) is 11.9 Å². The third-order valence-corrected chi connectivity index (χ3v) is 5.20. The summed E-state index contributed by atoms with van der Waals surface area (Å²) in [6, 6.07) is 3.96. The first kappa shape index (κ1) is 16.3. The van der Waals surface area contributed by atoms with Crippen LogP contribution in [0.4, 0.5) is 5.69 Å². The van der Waals surface area contributed by atoms with Crippen molar-refractivity contribution in [3.05, 3.63) is 17.7 Å². The minimum absolute atomic E-state index is 0.0389. The van der Waals surface area contributed by atoms with Gasteiger partial charge in [0.15, 0.2) is 6.61 Å². The maximum atomic E-state index is 11.8.